The maximum atomic E-state index is 10.8. The molecule has 0 heterocycles. The lowest BCUT2D eigenvalue weighted by molar-refractivity contribution is -0.940. The Hall–Kier alpha value is -0.610. The molecule has 90 valence electrons. The molecule has 0 saturated carbocycles. The predicted molar refractivity (Wildman–Crippen MR) is 61.5 cm³/mol. The molecule has 15 heavy (non-hydrogen) atoms. The normalized spacial score (nSPS) is 15.1. The lowest BCUT2D eigenvalue weighted by Gasteiger charge is -2.45. The van der Waals surface area contributed by atoms with Crippen molar-refractivity contribution in [1.82, 2.24) is 5.32 Å². The molecule has 0 aliphatic heterocycles. The molecule has 4 nitrogen and oxygen atoms in total. The van der Waals surface area contributed by atoms with Crippen LogP contribution in [0.15, 0.2) is 0 Å². The van der Waals surface area contributed by atoms with Gasteiger partial charge >= 0.3 is 5.97 Å². The Kier molecular flexibility index (Phi) is 4.74. The highest BCUT2D eigenvalue weighted by Crippen LogP contribution is 2.27. The molecule has 0 aliphatic carbocycles. The van der Waals surface area contributed by atoms with Gasteiger partial charge in [-0.05, 0) is 20.9 Å². The Balaban J connectivity index is 4.59. The molecule has 0 bridgehead atoms. The van der Waals surface area contributed by atoms with Gasteiger partial charge in [0.05, 0.1) is 25.6 Å². The summed E-state index contributed by atoms with van der Waals surface area (Å²) >= 11 is 0. The van der Waals surface area contributed by atoms with Crippen LogP contribution < -0.4 is 5.32 Å². The number of hydrogen-bond donors (Lipinski definition) is 2. The molecule has 0 aromatic rings. The number of aliphatic carboxylic acids is 1. The van der Waals surface area contributed by atoms with Crippen LogP contribution in [0, 0.1) is 5.92 Å². The van der Waals surface area contributed by atoms with E-state index in [-0.39, 0.29) is 11.5 Å². The minimum absolute atomic E-state index is 0.0547. The van der Waals surface area contributed by atoms with E-state index in [4.69, 9.17) is 5.11 Å². The summed E-state index contributed by atoms with van der Waals surface area (Å²) in [6.07, 6.45) is 0.678. The Morgan fingerprint density at radius 1 is 1.47 bits per heavy atom. The lowest BCUT2D eigenvalue weighted by atomic mass is 9.89. The van der Waals surface area contributed by atoms with Crippen LogP contribution in [0.25, 0.3) is 0 Å². The van der Waals surface area contributed by atoms with Gasteiger partial charge in [0.2, 0.25) is 0 Å². The van der Waals surface area contributed by atoms with E-state index in [0.29, 0.717) is 6.42 Å². The summed E-state index contributed by atoms with van der Waals surface area (Å²) in [7, 11) is 6.15. The Morgan fingerprint density at radius 3 is 2.27 bits per heavy atom. The maximum Gasteiger partial charge on any atom is 0.306 e. The molecule has 0 aliphatic rings. The zero-order valence-electron chi connectivity index (χ0n) is 10.8. The van der Waals surface area contributed by atoms with Gasteiger partial charge in [-0.2, -0.15) is 0 Å². The quantitative estimate of drug-likeness (QED) is 0.518. The van der Waals surface area contributed by atoms with Crippen LogP contribution in [0.2, 0.25) is 0 Å². The van der Waals surface area contributed by atoms with Crippen molar-refractivity contribution in [2.75, 3.05) is 27.8 Å². The van der Waals surface area contributed by atoms with Crippen LogP contribution in [0.3, 0.4) is 0 Å². The van der Waals surface area contributed by atoms with Crippen LogP contribution in [0.1, 0.15) is 27.2 Å². The number of nitrogens with one attached hydrogen (secondary N) is 1. The van der Waals surface area contributed by atoms with Crippen LogP contribution in [0.4, 0.5) is 0 Å². The molecular formula is C11H25N2O2+. The predicted octanol–water partition coefficient (Wildman–Crippen LogP) is 1.13. The van der Waals surface area contributed by atoms with Gasteiger partial charge < -0.3 is 9.59 Å². The van der Waals surface area contributed by atoms with Crippen molar-refractivity contribution in [3.63, 3.8) is 0 Å². The van der Waals surface area contributed by atoms with E-state index < -0.39 is 5.97 Å². The van der Waals surface area contributed by atoms with Crippen molar-refractivity contribution in [2.45, 2.75) is 32.7 Å². The molecule has 2 N–H and O–H groups in total. The van der Waals surface area contributed by atoms with Crippen molar-refractivity contribution in [2.24, 2.45) is 5.92 Å². The fourth-order valence-electron chi connectivity index (χ4n) is 1.69. The van der Waals surface area contributed by atoms with E-state index in [1.54, 1.807) is 6.92 Å². The molecule has 1 atom stereocenters. The molecule has 0 amide bonds. The van der Waals surface area contributed by atoms with Gasteiger partial charge in [-0.3, -0.25) is 10.1 Å². The number of hydrogen-bond acceptors (Lipinski definition) is 2. The minimum Gasteiger partial charge on any atom is -0.481 e. The summed E-state index contributed by atoms with van der Waals surface area (Å²) in [5.41, 5.74) is -0.0547. The van der Waals surface area contributed by atoms with E-state index in [9.17, 15) is 4.79 Å². The highest BCUT2D eigenvalue weighted by molar-refractivity contribution is 5.69. The molecule has 0 saturated heterocycles. The molecule has 4 heteroatoms. The molecule has 0 rings (SSSR count). The number of rotatable bonds is 6. The van der Waals surface area contributed by atoms with Crippen LogP contribution >= 0.6 is 0 Å². The molecule has 0 aromatic carbocycles. The topological polar surface area (TPSA) is 49.3 Å². The summed E-state index contributed by atoms with van der Waals surface area (Å²) in [5.74, 6) is -1.01. The summed E-state index contributed by atoms with van der Waals surface area (Å²) in [6, 6.07) is 0. The average molecular weight is 217 g/mol. The summed E-state index contributed by atoms with van der Waals surface area (Å²) in [6.45, 7) is 6.83. The Labute approximate surface area is 92.9 Å². The summed E-state index contributed by atoms with van der Waals surface area (Å²) in [4.78, 5) is 10.8. The average Bonchev–Trinajstić information content (AvgIpc) is 2.02. The van der Waals surface area contributed by atoms with E-state index in [0.717, 1.165) is 11.2 Å². The largest absolute Gasteiger partial charge is 0.481 e. The minimum atomic E-state index is -0.715. The van der Waals surface area contributed by atoms with Crippen molar-refractivity contribution in [3.05, 3.63) is 0 Å². The second kappa shape index (κ2) is 4.94. The third-order valence-electron chi connectivity index (χ3n) is 3.42. The zero-order chi connectivity index (χ0) is 12.3. The van der Waals surface area contributed by atoms with Gasteiger partial charge in [0.25, 0.3) is 0 Å². The zero-order valence-corrected chi connectivity index (χ0v) is 10.8. The Bertz CT molecular complexity index is 225. The third kappa shape index (κ3) is 3.80. The van der Waals surface area contributed by atoms with Crippen molar-refractivity contribution < 1.29 is 14.4 Å². The van der Waals surface area contributed by atoms with Gasteiger partial charge in [-0.25, -0.2) is 0 Å². The molecule has 1 unspecified atom stereocenters. The molecule has 0 radical (unpaired) electrons. The van der Waals surface area contributed by atoms with Crippen LogP contribution in [-0.2, 0) is 4.79 Å². The van der Waals surface area contributed by atoms with Gasteiger partial charge in [0.1, 0.15) is 6.67 Å². The van der Waals surface area contributed by atoms with Gasteiger partial charge in [0.15, 0.2) is 0 Å². The summed E-state index contributed by atoms with van der Waals surface area (Å²) < 4.78 is 0.765. The highest BCUT2D eigenvalue weighted by atomic mass is 16.4. The maximum absolute atomic E-state index is 10.8. The first-order valence-corrected chi connectivity index (χ1v) is 5.34. The first-order chi connectivity index (χ1) is 6.64. The number of quaternary nitrogens is 1. The van der Waals surface area contributed by atoms with Crippen LogP contribution in [-0.4, -0.2) is 48.9 Å². The van der Waals surface area contributed by atoms with Crippen LogP contribution in [0.5, 0.6) is 0 Å². The highest BCUT2D eigenvalue weighted by Gasteiger charge is 2.38. The van der Waals surface area contributed by atoms with Crippen molar-refractivity contribution in [3.8, 4) is 0 Å². The first kappa shape index (κ1) is 14.4. The number of nitrogens with zero attached hydrogens (tertiary/aromatic N) is 1. The SMILES string of the molecule is CNC[N+](C)(C)C(C)(C)CC(C)C(=O)O. The first-order valence-electron chi connectivity index (χ1n) is 5.34. The van der Waals surface area contributed by atoms with E-state index in [1.807, 2.05) is 7.05 Å². The van der Waals surface area contributed by atoms with Crippen molar-refractivity contribution >= 4 is 5.97 Å². The van der Waals surface area contributed by atoms with E-state index >= 15 is 0 Å². The number of carboxylic acid groups (broad SMARTS) is 1. The lowest BCUT2D eigenvalue weighted by Crippen LogP contribution is -2.60. The fourth-order valence-corrected chi connectivity index (χ4v) is 1.69. The van der Waals surface area contributed by atoms with Gasteiger partial charge in [0, 0.05) is 6.42 Å². The van der Waals surface area contributed by atoms with Crippen molar-refractivity contribution in [1.29, 1.82) is 0 Å². The molecule has 0 aromatic heterocycles. The number of carboxylic acids is 1. The molecule has 0 fully saturated rings. The fraction of sp³-hybridized carbons (Fsp3) is 0.909. The standard InChI is InChI=1S/C11H24N2O2/c1-9(10(14)15)7-11(2,3)13(5,6)8-12-4/h9,12H,7-8H2,1-6H3/p+1. The monoisotopic (exact) mass is 217 g/mol. The molecule has 0 spiro atoms. The second-order valence-corrected chi connectivity index (χ2v) is 5.45. The molecular weight excluding hydrogens is 192 g/mol. The number of carbonyl (C=O) groups is 1. The Morgan fingerprint density at radius 2 is 1.93 bits per heavy atom. The second-order valence-electron chi connectivity index (χ2n) is 5.45. The summed E-state index contributed by atoms with van der Waals surface area (Å²) in [5, 5.41) is 12.1. The third-order valence-corrected chi connectivity index (χ3v) is 3.42. The van der Waals surface area contributed by atoms with Gasteiger partial charge in [-0.15, -0.1) is 0 Å². The smallest absolute Gasteiger partial charge is 0.306 e. The van der Waals surface area contributed by atoms with Gasteiger partial charge in [-0.1, -0.05) is 6.92 Å². The van der Waals surface area contributed by atoms with E-state index in [2.05, 4.69) is 33.3 Å². The van der Waals surface area contributed by atoms with E-state index in [1.165, 1.54) is 0 Å².